The van der Waals surface area contributed by atoms with Crippen molar-refractivity contribution in [2.24, 2.45) is 5.14 Å². The molecule has 146 valence electrons. The Balaban J connectivity index is 1.85. The van der Waals surface area contributed by atoms with Crippen LogP contribution in [0.25, 0.3) is 0 Å². The number of nitrogens with two attached hydrogens (primary N) is 1. The van der Waals surface area contributed by atoms with E-state index in [1.807, 2.05) is 0 Å². The molecule has 0 aliphatic carbocycles. The Morgan fingerprint density at radius 2 is 2.15 bits per heavy atom. The molecule has 2 aromatic rings. The number of nitrogens with zero attached hydrogens (tertiary/aromatic N) is 3. The molecule has 27 heavy (non-hydrogen) atoms. The average Bonchev–Trinajstić information content (AvgIpc) is 3.11. The van der Waals surface area contributed by atoms with E-state index in [1.165, 1.54) is 12.1 Å². The maximum absolute atomic E-state index is 12.4. The van der Waals surface area contributed by atoms with Crippen LogP contribution in [0.5, 0.6) is 0 Å². The number of esters is 1. The number of benzene rings is 1. The van der Waals surface area contributed by atoms with Crippen molar-refractivity contribution in [2.45, 2.75) is 22.1 Å². The monoisotopic (exact) mass is 433 g/mol. The van der Waals surface area contributed by atoms with E-state index in [0.29, 0.717) is 27.2 Å². The zero-order valence-corrected chi connectivity index (χ0v) is 16.2. The average molecular weight is 433 g/mol. The first kappa shape index (κ1) is 21.0. The minimum absolute atomic E-state index is 0.0549. The standard InChI is InChI=1S/C13H15N5O6S3/c14-26-13-16-15-12(25-13)17-27(22)10-5-3-4-9(8-10)11(19)23-6-1-2-7-24-18(20)21/h3-5,8H,1-2,6-7,14H2,(H,15,17). The number of rotatable bonds is 11. The predicted molar refractivity (Wildman–Crippen MR) is 98.9 cm³/mol. The second kappa shape index (κ2) is 10.8. The molecular weight excluding hydrogens is 418 g/mol. The van der Waals surface area contributed by atoms with Gasteiger partial charge in [-0.05, 0) is 43.0 Å². The summed E-state index contributed by atoms with van der Waals surface area (Å²) in [5, 5.41) is 22.4. The normalized spacial score (nSPS) is 11.6. The van der Waals surface area contributed by atoms with Crippen molar-refractivity contribution >= 4 is 45.4 Å². The van der Waals surface area contributed by atoms with Crippen LogP contribution in [-0.2, 0) is 20.6 Å². The number of unbranched alkanes of at least 4 members (excludes halogenated alkanes) is 1. The molecule has 0 bridgehead atoms. The van der Waals surface area contributed by atoms with Gasteiger partial charge in [0.25, 0.3) is 5.09 Å². The smallest absolute Gasteiger partial charge is 0.338 e. The molecule has 14 heteroatoms. The van der Waals surface area contributed by atoms with Crippen LogP contribution in [0.3, 0.4) is 0 Å². The van der Waals surface area contributed by atoms with E-state index in [0.717, 1.165) is 23.3 Å². The Morgan fingerprint density at radius 1 is 1.37 bits per heavy atom. The van der Waals surface area contributed by atoms with Crippen LogP contribution < -0.4 is 9.86 Å². The molecule has 2 rings (SSSR count). The maximum Gasteiger partial charge on any atom is 0.338 e. The topological polar surface area (TPSA) is 160 Å². The zero-order valence-electron chi connectivity index (χ0n) is 13.7. The number of hydrogen-bond acceptors (Lipinski definition) is 11. The van der Waals surface area contributed by atoms with Crippen LogP contribution in [0.15, 0.2) is 33.5 Å². The van der Waals surface area contributed by atoms with E-state index in [9.17, 15) is 19.1 Å². The van der Waals surface area contributed by atoms with Gasteiger partial charge in [0.1, 0.15) is 0 Å². The summed E-state index contributed by atoms with van der Waals surface area (Å²) < 4.78 is 20.6. The third-order valence-corrected chi connectivity index (χ3v) is 5.58. The summed E-state index contributed by atoms with van der Waals surface area (Å²) in [6.45, 7) is 0.0382. The highest BCUT2D eigenvalue weighted by atomic mass is 32.2. The summed E-state index contributed by atoms with van der Waals surface area (Å²) in [5.41, 5.74) is 0.236. The number of carbonyl (C=O) groups is 1. The van der Waals surface area contributed by atoms with Gasteiger partial charge in [0, 0.05) is 0 Å². The summed E-state index contributed by atoms with van der Waals surface area (Å²) in [6.07, 6.45) is 0.804. The second-order valence-corrected chi connectivity index (χ2v) is 7.86. The number of nitrogens with one attached hydrogen (secondary N) is 1. The van der Waals surface area contributed by atoms with Crippen LogP contribution >= 0.6 is 23.3 Å². The molecule has 0 saturated carbocycles. The highest BCUT2D eigenvalue weighted by Crippen LogP contribution is 2.23. The van der Waals surface area contributed by atoms with Crippen LogP contribution in [0.4, 0.5) is 5.13 Å². The third-order valence-electron chi connectivity index (χ3n) is 2.94. The van der Waals surface area contributed by atoms with Crippen LogP contribution in [0.1, 0.15) is 23.2 Å². The van der Waals surface area contributed by atoms with Gasteiger partial charge < -0.3 is 9.57 Å². The van der Waals surface area contributed by atoms with E-state index < -0.39 is 22.0 Å². The predicted octanol–water partition coefficient (Wildman–Crippen LogP) is 1.78. The van der Waals surface area contributed by atoms with Gasteiger partial charge in [-0.2, -0.15) is 0 Å². The number of hydrogen-bond donors (Lipinski definition) is 2. The van der Waals surface area contributed by atoms with E-state index in [4.69, 9.17) is 9.88 Å². The molecule has 0 saturated heterocycles. The van der Waals surface area contributed by atoms with Gasteiger partial charge in [-0.1, -0.05) is 17.4 Å². The quantitative estimate of drug-likeness (QED) is 0.176. The molecule has 1 unspecified atom stereocenters. The highest BCUT2D eigenvalue weighted by molar-refractivity contribution is 7.99. The van der Waals surface area contributed by atoms with Crippen molar-refractivity contribution in [3.63, 3.8) is 0 Å². The molecule has 0 amide bonds. The molecule has 0 fully saturated rings. The van der Waals surface area contributed by atoms with E-state index >= 15 is 0 Å². The van der Waals surface area contributed by atoms with Gasteiger partial charge in [0.05, 0.1) is 23.7 Å². The van der Waals surface area contributed by atoms with Gasteiger partial charge >= 0.3 is 5.97 Å². The van der Waals surface area contributed by atoms with Crippen LogP contribution in [-0.4, -0.2) is 38.7 Å². The molecule has 0 aliphatic rings. The van der Waals surface area contributed by atoms with E-state index in [2.05, 4.69) is 19.8 Å². The SMILES string of the molecule is NSc1nnc(NS(=O)c2cccc(C(=O)OCCCCO[N+](=O)[O-])c2)s1. The van der Waals surface area contributed by atoms with E-state index in [-0.39, 0.29) is 18.8 Å². The molecule has 0 radical (unpaired) electrons. The molecule has 11 nitrogen and oxygen atoms in total. The molecule has 1 aromatic carbocycles. The lowest BCUT2D eigenvalue weighted by atomic mass is 10.2. The Labute approximate surface area is 164 Å². The van der Waals surface area contributed by atoms with Crippen LogP contribution in [0, 0.1) is 10.1 Å². The van der Waals surface area contributed by atoms with Crippen molar-refractivity contribution in [3.05, 3.63) is 39.9 Å². The molecule has 1 heterocycles. The number of ether oxygens (including phenoxy) is 1. The number of aromatic nitrogens is 2. The van der Waals surface area contributed by atoms with Crippen molar-refractivity contribution in [2.75, 3.05) is 17.9 Å². The van der Waals surface area contributed by atoms with Crippen molar-refractivity contribution in [1.29, 1.82) is 0 Å². The summed E-state index contributed by atoms with van der Waals surface area (Å²) in [7, 11) is -1.64. The first-order valence-electron chi connectivity index (χ1n) is 7.42. The molecular formula is C13H15N5O6S3. The van der Waals surface area contributed by atoms with Crippen molar-refractivity contribution in [3.8, 4) is 0 Å². The molecule has 1 aromatic heterocycles. The lowest BCUT2D eigenvalue weighted by molar-refractivity contribution is -0.757. The fourth-order valence-corrected chi connectivity index (χ4v) is 3.76. The van der Waals surface area contributed by atoms with Gasteiger partial charge in [-0.3, -0.25) is 9.86 Å². The first-order chi connectivity index (χ1) is 13.0. The van der Waals surface area contributed by atoms with Crippen molar-refractivity contribution in [1.82, 2.24) is 10.2 Å². The fraction of sp³-hybridized carbons (Fsp3) is 0.308. The Hall–Kier alpha value is -2.29. The Bertz CT molecular complexity index is 817. The summed E-state index contributed by atoms with van der Waals surface area (Å²) in [5.74, 6) is -0.582. The molecule has 3 N–H and O–H groups in total. The lowest BCUT2D eigenvalue weighted by Gasteiger charge is -2.07. The summed E-state index contributed by atoms with van der Waals surface area (Å²) in [4.78, 5) is 26.6. The van der Waals surface area contributed by atoms with Gasteiger partial charge in [0.2, 0.25) is 5.13 Å². The maximum atomic E-state index is 12.4. The van der Waals surface area contributed by atoms with Gasteiger partial charge in [-0.25, -0.2) is 9.00 Å². The third kappa shape index (κ3) is 7.09. The van der Waals surface area contributed by atoms with E-state index in [1.54, 1.807) is 12.1 Å². The van der Waals surface area contributed by atoms with Crippen LogP contribution in [0.2, 0.25) is 0 Å². The van der Waals surface area contributed by atoms with Crippen molar-refractivity contribution < 1.29 is 23.7 Å². The fourth-order valence-electron chi connectivity index (χ4n) is 1.77. The lowest BCUT2D eigenvalue weighted by Crippen LogP contribution is -2.10. The first-order valence-corrected chi connectivity index (χ1v) is 10.3. The number of anilines is 1. The minimum atomic E-state index is -1.64. The minimum Gasteiger partial charge on any atom is -0.462 e. The van der Waals surface area contributed by atoms with Gasteiger partial charge in [-0.15, -0.1) is 20.3 Å². The Morgan fingerprint density at radius 3 is 2.85 bits per heavy atom. The highest BCUT2D eigenvalue weighted by Gasteiger charge is 2.13. The second-order valence-electron chi connectivity index (χ2n) is 4.79. The molecule has 0 spiro atoms. The Kier molecular flexibility index (Phi) is 8.38. The molecule has 0 aliphatic heterocycles. The summed E-state index contributed by atoms with van der Waals surface area (Å²) >= 11 is 2.09. The molecule has 1 atom stereocenters. The number of carbonyl (C=O) groups excluding carboxylic acids is 1. The summed E-state index contributed by atoms with van der Waals surface area (Å²) in [6, 6.07) is 6.15. The zero-order chi connectivity index (χ0) is 19.6. The van der Waals surface area contributed by atoms with Gasteiger partial charge in [0.15, 0.2) is 15.3 Å². The largest absolute Gasteiger partial charge is 0.462 e.